The zero-order valence-electron chi connectivity index (χ0n) is 21.0. The SMILES string of the molecule is CC(C)(C)c1ccc(C(=O)N2CCN(c3ccc(NC(=O)CCc4ccccc4)cc3)CC2)cc1. The lowest BCUT2D eigenvalue weighted by Crippen LogP contribution is -2.48. The van der Waals surface area contributed by atoms with E-state index in [1.807, 2.05) is 71.6 Å². The van der Waals surface area contributed by atoms with Crippen LogP contribution in [-0.4, -0.2) is 42.9 Å². The summed E-state index contributed by atoms with van der Waals surface area (Å²) in [7, 11) is 0. The molecular weight excluding hydrogens is 434 g/mol. The van der Waals surface area contributed by atoms with Crippen molar-refractivity contribution >= 4 is 23.2 Å². The Kier molecular flexibility index (Phi) is 7.54. The highest BCUT2D eigenvalue weighted by Gasteiger charge is 2.23. The van der Waals surface area contributed by atoms with E-state index < -0.39 is 0 Å². The Hall–Kier alpha value is -3.60. The van der Waals surface area contributed by atoms with E-state index >= 15 is 0 Å². The molecule has 1 aliphatic rings. The lowest BCUT2D eigenvalue weighted by molar-refractivity contribution is -0.116. The minimum Gasteiger partial charge on any atom is -0.368 e. The first-order chi connectivity index (χ1) is 16.8. The molecule has 1 saturated heterocycles. The molecule has 5 heteroatoms. The Bertz CT molecular complexity index is 1120. The van der Waals surface area contributed by atoms with Crippen LogP contribution in [0.1, 0.15) is 48.7 Å². The van der Waals surface area contributed by atoms with Gasteiger partial charge in [-0.05, 0) is 59.4 Å². The van der Waals surface area contributed by atoms with Crippen LogP contribution in [0, 0.1) is 0 Å². The van der Waals surface area contributed by atoms with Crippen molar-refractivity contribution < 1.29 is 9.59 Å². The number of hydrogen-bond acceptors (Lipinski definition) is 3. The molecule has 182 valence electrons. The minimum atomic E-state index is 0.0178. The molecule has 3 aromatic rings. The number of carbonyl (C=O) groups is 2. The van der Waals surface area contributed by atoms with E-state index in [2.05, 4.69) is 43.1 Å². The topological polar surface area (TPSA) is 52.7 Å². The second-order valence-corrected chi connectivity index (χ2v) is 10.2. The number of aryl methyl sites for hydroxylation is 1. The van der Waals surface area contributed by atoms with Gasteiger partial charge in [-0.25, -0.2) is 0 Å². The summed E-state index contributed by atoms with van der Waals surface area (Å²) < 4.78 is 0. The van der Waals surface area contributed by atoms with E-state index in [1.165, 1.54) is 5.56 Å². The minimum absolute atomic E-state index is 0.0178. The average Bonchev–Trinajstić information content (AvgIpc) is 2.88. The van der Waals surface area contributed by atoms with Gasteiger partial charge in [-0.1, -0.05) is 63.2 Å². The maximum atomic E-state index is 13.0. The van der Waals surface area contributed by atoms with E-state index in [4.69, 9.17) is 0 Å². The molecule has 5 nitrogen and oxygen atoms in total. The van der Waals surface area contributed by atoms with Crippen LogP contribution in [0.2, 0.25) is 0 Å². The number of benzene rings is 3. The van der Waals surface area contributed by atoms with Gasteiger partial charge >= 0.3 is 0 Å². The van der Waals surface area contributed by atoms with Crippen molar-refractivity contribution in [2.75, 3.05) is 36.4 Å². The van der Waals surface area contributed by atoms with Crippen LogP contribution in [0.3, 0.4) is 0 Å². The van der Waals surface area contributed by atoms with Crippen molar-refractivity contribution in [3.63, 3.8) is 0 Å². The highest BCUT2D eigenvalue weighted by Crippen LogP contribution is 2.24. The average molecular weight is 470 g/mol. The maximum absolute atomic E-state index is 13.0. The van der Waals surface area contributed by atoms with Gasteiger partial charge in [0.1, 0.15) is 0 Å². The van der Waals surface area contributed by atoms with E-state index in [0.717, 1.165) is 42.0 Å². The van der Waals surface area contributed by atoms with Crippen molar-refractivity contribution in [1.29, 1.82) is 0 Å². The Labute approximate surface area is 208 Å². The Morgan fingerprint density at radius 1 is 0.800 bits per heavy atom. The fourth-order valence-electron chi connectivity index (χ4n) is 4.34. The number of nitrogens with zero attached hydrogens (tertiary/aromatic N) is 2. The number of amides is 2. The largest absolute Gasteiger partial charge is 0.368 e. The molecule has 0 bridgehead atoms. The predicted molar refractivity (Wildman–Crippen MR) is 143 cm³/mol. The van der Waals surface area contributed by atoms with Crippen LogP contribution in [0.25, 0.3) is 0 Å². The monoisotopic (exact) mass is 469 g/mol. The van der Waals surface area contributed by atoms with Crippen molar-refractivity contribution in [3.8, 4) is 0 Å². The maximum Gasteiger partial charge on any atom is 0.253 e. The fraction of sp³-hybridized carbons (Fsp3) is 0.333. The Morgan fingerprint density at radius 2 is 1.43 bits per heavy atom. The predicted octanol–water partition coefficient (Wildman–Crippen LogP) is 5.52. The normalized spacial score (nSPS) is 14.0. The molecule has 0 saturated carbocycles. The van der Waals surface area contributed by atoms with E-state index in [-0.39, 0.29) is 17.2 Å². The van der Waals surface area contributed by atoms with E-state index in [9.17, 15) is 9.59 Å². The van der Waals surface area contributed by atoms with Crippen LogP contribution >= 0.6 is 0 Å². The molecule has 1 fully saturated rings. The van der Waals surface area contributed by atoms with Crippen molar-refractivity contribution in [2.45, 2.75) is 39.0 Å². The van der Waals surface area contributed by atoms with Crippen molar-refractivity contribution in [3.05, 3.63) is 95.6 Å². The van der Waals surface area contributed by atoms with Gasteiger partial charge < -0.3 is 15.1 Å². The summed E-state index contributed by atoms with van der Waals surface area (Å²) in [6, 6.07) is 26.0. The van der Waals surface area contributed by atoms with Crippen LogP contribution in [-0.2, 0) is 16.6 Å². The van der Waals surface area contributed by atoms with Gasteiger partial charge in [-0.15, -0.1) is 0 Å². The molecule has 0 aromatic heterocycles. The molecule has 0 spiro atoms. The second-order valence-electron chi connectivity index (χ2n) is 10.2. The van der Waals surface area contributed by atoms with E-state index in [1.54, 1.807) is 0 Å². The summed E-state index contributed by atoms with van der Waals surface area (Å²) in [6.45, 7) is 9.49. The van der Waals surface area contributed by atoms with Gasteiger partial charge in [0.25, 0.3) is 5.91 Å². The molecular formula is C30H35N3O2. The highest BCUT2D eigenvalue weighted by atomic mass is 16.2. The molecule has 0 atom stereocenters. The van der Waals surface area contributed by atoms with Crippen LogP contribution in [0.4, 0.5) is 11.4 Å². The standard InChI is InChI=1S/C30H35N3O2/c1-30(2,3)25-12-10-24(11-13-25)29(35)33-21-19-32(20-22-33)27-16-14-26(15-17-27)31-28(34)18-9-23-7-5-4-6-8-23/h4-8,10-17H,9,18-22H2,1-3H3,(H,31,34). The van der Waals surface area contributed by atoms with Crippen molar-refractivity contribution in [2.24, 2.45) is 0 Å². The lowest BCUT2D eigenvalue weighted by atomic mass is 9.86. The summed E-state index contributed by atoms with van der Waals surface area (Å²) in [5.41, 5.74) is 5.13. The zero-order valence-corrected chi connectivity index (χ0v) is 21.0. The molecule has 4 rings (SSSR count). The summed E-state index contributed by atoms with van der Waals surface area (Å²) in [4.78, 5) is 29.5. The second kappa shape index (κ2) is 10.8. The third-order valence-corrected chi connectivity index (χ3v) is 6.56. The van der Waals surface area contributed by atoms with Crippen LogP contribution < -0.4 is 10.2 Å². The summed E-state index contributed by atoms with van der Waals surface area (Å²) in [5, 5.41) is 2.99. The third kappa shape index (κ3) is 6.50. The van der Waals surface area contributed by atoms with Crippen LogP contribution in [0.15, 0.2) is 78.9 Å². The molecule has 0 aliphatic carbocycles. The number of rotatable bonds is 6. The molecule has 1 aliphatic heterocycles. The first kappa shape index (κ1) is 24.5. The lowest BCUT2D eigenvalue weighted by Gasteiger charge is -2.36. The van der Waals surface area contributed by atoms with Gasteiger partial charge in [0.2, 0.25) is 5.91 Å². The van der Waals surface area contributed by atoms with Gasteiger partial charge in [0.05, 0.1) is 0 Å². The first-order valence-electron chi connectivity index (χ1n) is 12.4. The number of carbonyl (C=O) groups excluding carboxylic acids is 2. The molecule has 1 heterocycles. The first-order valence-corrected chi connectivity index (χ1v) is 12.4. The summed E-state index contributed by atoms with van der Waals surface area (Å²) in [6.07, 6.45) is 1.19. The van der Waals surface area contributed by atoms with Gasteiger partial charge in [0.15, 0.2) is 0 Å². The molecule has 2 amide bonds. The van der Waals surface area contributed by atoms with Gasteiger partial charge in [-0.2, -0.15) is 0 Å². The Morgan fingerprint density at radius 3 is 2.03 bits per heavy atom. The summed E-state index contributed by atoms with van der Waals surface area (Å²) >= 11 is 0. The highest BCUT2D eigenvalue weighted by molar-refractivity contribution is 5.94. The molecule has 35 heavy (non-hydrogen) atoms. The summed E-state index contributed by atoms with van der Waals surface area (Å²) in [5.74, 6) is 0.114. The van der Waals surface area contributed by atoms with Crippen LogP contribution in [0.5, 0.6) is 0 Å². The van der Waals surface area contributed by atoms with Crippen molar-refractivity contribution in [1.82, 2.24) is 4.90 Å². The van der Waals surface area contributed by atoms with E-state index in [0.29, 0.717) is 19.5 Å². The number of piperazine rings is 1. The Balaban J connectivity index is 1.26. The number of hydrogen-bond donors (Lipinski definition) is 1. The molecule has 3 aromatic carbocycles. The third-order valence-electron chi connectivity index (χ3n) is 6.56. The fourth-order valence-corrected chi connectivity index (χ4v) is 4.34. The zero-order chi connectivity index (χ0) is 24.8. The van der Waals surface area contributed by atoms with Gasteiger partial charge in [0, 0.05) is 49.5 Å². The molecule has 0 radical (unpaired) electrons. The number of anilines is 2. The molecule has 1 N–H and O–H groups in total. The quantitative estimate of drug-likeness (QED) is 0.517. The number of nitrogens with one attached hydrogen (secondary N) is 1. The molecule has 0 unspecified atom stereocenters. The van der Waals surface area contributed by atoms with Gasteiger partial charge in [-0.3, -0.25) is 9.59 Å². The smallest absolute Gasteiger partial charge is 0.253 e.